The van der Waals surface area contributed by atoms with Crippen molar-refractivity contribution in [2.45, 2.75) is 55.9 Å². The molecule has 2 aliphatic heterocycles. The van der Waals surface area contributed by atoms with Crippen LogP contribution in [0.2, 0.25) is 0 Å². The monoisotopic (exact) mass is 323 g/mol. The molecule has 2 fully saturated rings. The van der Waals surface area contributed by atoms with Crippen LogP contribution < -0.4 is 45.3 Å². The van der Waals surface area contributed by atoms with Gasteiger partial charge in [0.15, 0.2) is 0 Å². The van der Waals surface area contributed by atoms with Crippen molar-refractivity contribution in [3.05, 3.63) is 0 Å². The third-order valence-corrected chi connectivity index (χ3v) is 4.94. The number of carboxylic acid groups (broad SMARTS) is 1. The molecular weight excluding hydrogens is 305 g/mol. The first-order chi connectivity index (χ1) is 9.15. The maximum absolute atomic E-state index is 12.0. The number of amides is 3. The molecule has 2 heterocycles. The van der Waals surface area contributed by atoms with Crippen LogP contribution >= 0.6 is 11.8 Å². The first-order valence-electron chi connectivity index (χ1n) is 6.43. The summed E-state index contributed by atoms with van der Waals surface area (Å²) in [5.41, 5.74) is 0. The quantitative estimate of drug-likeness (QED) is 0.406. The predicted octanol–water partition coefficient (Wildman–Crippen LogP) is -4.12. The Morgan fingerprint density at radius 2 is 1.95 bits per heavy atom. The van der Waals surface area contributed by atoms with E-state index in [-0.39, 0.29) is 46.9 Å². The Morgan fingerprint density at radius 1 is 1.38 bits per heavy atom. The molecule has 0 saturated carbocycles. The van der Waals surface area contributed by atoms with Crippen LogP contribution in [-0.2, 0) is 9.59 Å². The minimum Gasteiger partial charge on any atom is -0.548 e. The molecule has 0 aromatic rings. The van der Waals surface area contributed by atoms with E-state index < -0.39 is 28.8 Å². The van der Waals surface area contributed by atoms with Gasteiger partial charge in [0.25, 0.3) is 0 Å². The van der Waals surface area contributed by atoms with Gasteiger partial charge in [-0.15, -0.1) is 11.8 Å². The zero-order chi connectivity index (χ0) is 15.2. The Hall–Kier alpha value is -0.440. The van der Waals surface area contributed by atoms with E-state index in [1.165, 1.54) is 16.7 Å². The van der Waals surface area contributed by atoms with Crippen LogP contribution in [0.1, 0.15) is 27.7 Å². The van der Waals surface area contributed by atoms with Gasteiger partial charge in [0.1, 0.15) is 11.4 Å². The molecule has 3 amide bonds. The van der Waals surface area contributed by atoms with Crippen molar-refractivity contribution in [2.24, 2.45) is 0 Å². The molecular formula is C12H18N3NaO4S. The zero-order valence-electron chi connectivity index (χ0n) is 12.8. The van der Waals surface area contributed by atoms with Gasteiger partial charge >= 0.3 is 35.6 Å². The summed E-state index contributed by atoms with van der Waals surface area (Å²) in [6.45, 7) is 7.14. The van der Waals surface area contributed by atoms with Crippen LogP contribution in [0.3, 0.4) is 0 Å². The van der Waals surface area contributed by atoms with Crippen molar-refractivity contribution >= 4 is 29.7 Å². The maximum Gasteiger partial charge on any atom is 1.00 e. The third-order valence-electron chi connectivity index (χ3n) is 3.37. The molecule has 3 atom stereocenters. The minimum atomic E-state index is -1.26. The van der Waals surface area contributed by atoms with E-state index in [0.717, 1.165) is 0 Å². The number of hydrogen-bond donors (Lipinski definition) is 2. The van der Waals surface area contributed by atoms with E-state index >= 15 is 0 Å². The summed E-state index contributed by atoms with van der Waals surface area (Å²) >= 11 is 1.37. The Bertz CT molecular complexity index is 471. The van der Waals surface area contributed by atoms with Gasteiger partial charge in [-0.1, -0.05) is 0 Å². The molecule has 0 spiro atoms. The number of nitrogens with zero attached hydrogens (tertiary/aromatic N) is 1. The molecule has 0 aliphatic carbocycles. The molecule has 21 heavy (non-hydrogen) atoms. The van der Waals surface area contributed by atoms with E-state index in [9.17, 15) is 19.5 Å². The van der Waals surface area contributed by atoms with Gasteiger partial charge < -0.3 is 25.4 Å². The molecule has 0 aromatic heterocycles. The largest absolute Gasteiger partial charge is 1.00 e. The molecule has 112 valence electrons. The molecule has 2 rings (SSSR count). The second-order valence-corrected chi connectivity index (χ2v) is 7.60. The topological polar surface area (TPSA) is 102 Å². The fourth-order valence-corrected chi connectivity index (χ4v) is 4.19. The molecule has 2 unspecified atom stereocenters. The summed E-state index contributed by atoms with van der Waals surface area (Å²) in [6, 6.07) is -2.10. The number of nitrogens with one attached hydrogen (secondary N) is 2. The number of carboxylic acids is 1. The van der Waals surface area contributed by atoms with E-state index in [1.54, 1.807) is 13.8 Å². The van der Waals surface area contributed by atoms with Gasteiger partial charge in [0.05, 0.1) is 12.0 Å². The molecule has 0 bridgehead atoms. The van der Waals surface area contributed by atoms with Gasteiger partial charge in [-0.25, -0.2) is 4.79 Å². The number of hydrogen-bond acceptors (Lipinski definition) is 5. The number of carbonyl (C=O) groups excluding carboxylic acids is 3. The molecule has 2 saturated heterocycles. The first-order valence-corrected chi connectivity index (χ1v) is 7.31. The molecule has 2 N–H and O–H groups in total. The summed E-state index contributed by atoms with van der Waals surface area (Å²) in [5, 5.41) is 16.1. The minimum absolute atomic E-state index is 0. The fraction of sp³-hybridized carbons (Fsp3) is 0.750. The van der Waals surface area contributed by atoms with Crippen LogP contribution in [-0.4, -0.2) is 51.1 Å². The molecule has 7 nitrogen and oxygen atoms in total. The van der Waals surface area contributed by atoms with E-state index in [4.69, 9.17) is 0 Å². The summed E-state index contributed by atoms with van der Waals surface area (Å²) in [6.07, 6.45) is 0. The number of rotatable bonds is 3. The average Bonchev–Trinajstić information content (AvgIpc) is 2.54. The Labute approximate surface area is 149 Å². The summed E-state index contributed by atoms with van der Waals surface area (Å²) in [7, 11) is 0. The fourth-order valence-electron chi connectivity index (χ4n) is 2.57. The smallest absolute Gasteiger partial charge is 0.548 e. The maximum atomic E-state index is 12.0. The van der Waals surface area contributed by atoms with Gasteiger partial charge in [-0.2, -0.15) is 0 Å². The number of fused-ring (bicyclic) bond motifs is 1. The van der Waals surface area contributed by atoms with E-state index in [1.807, 2.05) is 13.8 Å². The van der Waals surface area contributed by atoms with Crippen molar-refractivity contribution in [3.63, 3.8) is 0 Å². The second-order valence-electron chi connectivity index (χ2n) is 5.83. The number of aliphatic carboxylic acids is 1. The molecule has 9 heteroatoms. The third kappa shape index (κ3) is 3.33. The zero-order valence-corrected chi connectivity index (χ0v) is 15.6. The Kier molecular flexibility index (Phi) is 5.63. The van der Waals surface area contributed by atoms with Crippen molar-refractivity contribution < 1.29 is 49.0 Å². The number of urea groups is 1. The van der Waals surface area contributed by atoms with Crippen molar-refractivity contribution in [1.29, 1.82) is 0 Å². The predicted molar refractivity (Wildman–Crippen MR) is 71.7 cm³/mol. The Balaban J connectivity index is 0.00000220. The van der Waals surface area contributed by atoms with Crippen molar-refractivity contribution in [2.75, 3.05) is 0 Å². The van der Waals surface area contributed by atoms with Gasteiger partial charge in [0, 0.05) is 10.8 Å². The van der Waals surface area contributed by atoms with Crippen LogP contribution in [0, 0.1) is 0 Å². The van der Waals surface area contributed by atoms with Crippen LogP contribution in [0.5, 0.6) is 0 Å². The number of β-lactam (4-membered cyclic amide) rings is 1. The molecule has 2 aliphatic rings. The SMILES string of the molecule is CC(C)NC(=O)NC1C(=O)N2C1SC(C)(C)[C@@H]2C(=O)[O-].[Na+]. The standard InChI is InChI=1S/C12H19N3O4S.Na/c1-5(2)13-11(19)14-6-8(16)15-7(10(17)18)12(3,4)20-9(6)15;/h5-7,9H,1-4H3,(H,17,18)(H2,13,14,19);/q;+1/p-1/t6?,7-,9?;/m0./s1. The van der Waals surface area contributed by atoms with Gasteiger partial charge in [0.2, 0.25) is 5.91 Å². The molecule has 0 aromatic carbocycles. The average molecular weight is 323 g/mol. The summed E-state index contributed by atoms with van der Waals surface area (Å²) in [5.74, 6) is -1.63. The van der Waals surface area contributed by atoms with E-state index in [0.29, 0.717) is 0 Å². The van der Waals surface area contributed by atoms with Crippen molar-refractivity contribution in [3.8, 4) is 0 Å². The first kappa shape index (κ1) is 18.6. The van der Waals surface area contributed by atoms with Crippen molar-refractivity contribution in [1.82, 2.24) is 15.5 Å². The van der Waals surface area contributed by atoms with Gasteiger partial charge in [-0.3, -0.25) is 4.79 Å². The second kappa shape index (κ2) is 6.36. The van der Waals surface area contributed by atoms with Crippen LogP contribution in [0.15, 0.2) is 0 Å². The normalized spacial score (nSPS) is 29.3. The summed E-state index contributed by atoms with van der Waals surface area (Å²) < 4.78 is -0.635. The van der Waals surface area contributed by atoms with Gasteiger partial charge in [-0.05, 0) is 27.7 Å². The number of thioether (sulfide) groups is 1. The van der Waals surface area contributed by atoms with E-state index in [2.05, 4.69) is 10.6 Å². The molecule has 0 radical (unpaired) electrons. The number of carbonyl (C=O) groups is 3. The van der Waals surface area contributed by atoms with Crippen LogP contribution in [0.25, 0.3) is 0 Å². The van der Waals surface area contributed by atoms with Crippen LogP contribution in [0.4, 0.5) is 4.79 Å². The Morgan fingerprint density at radius 3 is 2.43 bits per heavy atom. The summed E-state index contributed by atoms with van der Waals surface area (Å²) in [4.78, 5) is 36.2.